The molecule has 0 bridgehead atoms. The highest BCUT2D eigenvalue weighted by atomic mass is 35.5. The molecule has 0 fully saturated rings. The lowest BCUT2D eigenvalue weighted by Crippen LogP contribution is -2.28. The minimum absolute atomic E-state index is 0.110. The molecule has 28 heavy (non-hydrogen) atoms. The molecule has 0 radical (unpaired) electrons. The summed E-state index contributed by atoms with van der Waals surface area (Å²) in [5, 5.41) is 13.1. The van der Waals surface area contributed by atoms with Gasteiger partial charge in [-0.2, -0.15) is 29.7 Å². The number of pyridine rings is 1. The van der Waals surface area contributed by atoms with Gasteiger partial charge >= 0.3 is 6.18 Å². The van der Waals surface area contributed by atoms with Crippen molar-refractivity contribution in [1.29, 1.82) is 0 Å². The molecule has 154 valence electrons. The smallest absolute Gasteiger partial charge is 0.389 e. The third kappa shape index (κ3) is 7.06. The summed E-state index contributed by atoms with van der Waals surface area (Å²) < 4.78 is 37.1. The molecule has 2 aromatic rings. The minimum Gasteiger partial charge on any atom is -0.619 e. The van der Waals surface area contributed by atoms with E-state index in [0.717, 1.165) is 0 Å². The molecule has 0 unspecified atom stereocenters. The fraction of sp³-hybridized carbons (Fsp3) is 0.471. The summed E-state index contributed by atoms with van der Waals surface area (Å²) >= 11 is 14.6. The van der Waals surface area contributed by atoms with E-state index in [9.17, 15) is 18.4 Å². The van der Waals surface area contributed by atoms with Crippen LogP contribution in [0.3, 0.4) is 0 Å². The molecule has 0 saturated heterocycles. The van der Waals surface area contributed by atoms with Crippen molar-refractivity contribution in [2.24, 2.45) is 0 Å². The van der Waals surface area contributed by atoms with Gasteiger partial charge in [0.2, 0.25) is 0 Å². The van der Waals surface area contributed by atoms with Crippen LogP contribution in [-0.2, 0) is 0 Å². The van der Waals surface area contributed by atoms with Gasteiger partial charge < -0.3 is 10.1 Å². The number of hydrogen-bond acceptors (Lipinski definition) is 5. The van der Waals surface area contributed by atoms with Gasteiger partial charge in [0.1, 0.15) is 10.0 Å². The van der Waals surface area contributed by atoms with Crippen molar-refractivity contribution in [3.05, 3.63) is 34.9 Å². The monoisotopic (exact) mass is 469 g/mol. The van der Waals surface area contributed by atoms with Crippen molar-refractivity contribution in [2.75, 3.05) is 23.0 Å². The van der Waals surface area contributed by atoms with E-state index >= 15 is 0 Å². The van der Waals surface area contributed by atoms with E-state index in [1.165, 1.54) is 35.5 Å². The number of alkyl halides is 3. The fourth-order valence-electron chi connectivity index (χ4n) is 2.37. The van der Waals surface area contributed by atoms with Gasteiger partial charge in [0.25, 0.3) is 0 Å². The van der Waals surface area contributed by atoms with Gasteiger partial charge in [-0.1, -0.05) is 35.2 Å². The first-order valence-electron chi connectivity index (χ1n) is 8.51. The summed E-state index contributed by atoms with van der Waals surface area (Å²) in [5.41, 5.74) is 0.665. The molecule has 2 aromatic heterocycles. The number of thiazole rings is 1. The molecular formula is C17H19ClF3N3OS3. The second-order valence-corrected chi connectivity index (χ2v) is 8.82. The van der Waals surface area contributed by atoms with Crippen molar-refractivity contribution in [1.82, 2.24) is 4.98 Å². The van der Waals surface area contributed by atoms with E-state index in [4.69, 9.17) is 23.8 Å². The van der Waals surface area contributed by atoms with Crippen molar-refractivity contribution in [3.8, 4) is 10.6 Å². The molecule has 0 N–H and O–H groups in total. The van der Waals surface area contributed by atoms with Crippen LogP contribution in [0.25, 0.3) is 10.6 Å². The lowest BCUT2D eigenvalue weighted by molar-refractivity contribution is -0.604. The van der Waals surface area contributed by atoms with E-state index in [1.807, 2.05) is 11.8 Å². The lowest BCUT2D eigenvalue weighted by Gasteiger charge is -2.22. The number of halogens is 4. The van der Waals surface area contributed by atoms with Crippen LogP contribution in [0.4, 0.5) is 18.2 Å². The first-order valence-corrected chi connectivity index (χ1v) is 11.3. The summed E-state index contributed by atoms with van der Waals surface area (Å²) in [6.07, 6.45) is -1.37. The Hall–Kier alpha value is -1.10. The van der Waals surface area contributed by atoms with Crippen LogP contribution in [0.2, 0.25) is 5.15 Å². The molecule has 2 rings (SSSR count). The third-order valence-corrected chi connectivity index (χ3v) is 6.66. The second kappa shape index (κ2) is 10.6. The Morgan fingerprint density at radius 3 is 2.82 bits per heavy atom. The van der Waals surface area contributed by atoms with Gasteiger partial charge in [-0.15, -0.1) is 0 Å². The zero-order chi connectivity index (χ0) is 20.7. The average Bonchev–Trinajstić information content (AvgIpc) is 2.99. The number of thiocarbonyl (C=S) groups is 1. The maximum absolute atomic E-state index is 12.1. The Bertz CT molecular complexity index is 801. The van der Waals surface area contributed by atoms with Crippen LogP contribution in [0, 0.1) is 5.21 Å². The fourth-order valence-corrected chi connectivity index (χ4v) is 5.16. The zero-order valence-electron chi connectivity index (χ0n) is 15.0. The van der Waals surface area contributed by atoms with Gasteiger partial charge in [0.05, 0.1) is 10.6 Å². The Kier molecular flexibility index (Phi) is 8.79. The number of rotatable bonds is 9. The summed E-state index contributed by atoms with van der Waals surface area (Å²) in [6.45, 7) is 2.53. The highest BCUT2D eigenvalue weighted by Gasteiger charge is 2.26. The third-order valence-electron chi connectivity index (χ3n) is 3.66. The Morgan fingerprint density at radius 1 is 1.43 bits per heavy atom. The zero-order valence-corrected chi connectivity index (χ0v) is 18.2. The SMILES string of the molecule is CCN(C(=S)CCSCCCC(F)(F)F)c1sc(-c2ccc[n+]([O-])c2)nc1Cl. The quantitative estimate of drug-likeness (QED) is 0.203. The molecule has 0 aromatic carbocycles. The van der Waals surface area contributed by atoms with E-state index in [0.29, 0.717) is 54.9 Å². The number of hydrogen-bond donors (Lipinski definition) is 0. The van der Waals surface area contributed by atoms with Crippen molar-refractivity contribution in [3.63, 3.8) is 0 Å². The van der Waals surface area contributed by atoms with Gasteiger partial charge in [0, 0.05) is 25.5 Å². The van der Waals surface area contributed by atoms with Gasteiger partial charge in [0.15, 0.2) is 17.5 Å². The molecule has 11 heteroatoms. The van der Waals surface area contributed by atoms with Crippen molar-refractivity contribution < 1.29 is 17.9 Å². The molecule has 0 amide bonds. The van der Waals surface area contributed by atoms with Crippen LogP contribution < -0.4 is 9.63 Å². The van der Waals surface area contributed by atoms with Gasteiger partial charge in [-0.25, -0.2) is 4.98 Å². The van der Waals surface area contributed by atoms with Crippen LogP contribution >= 0.6 is 46.9 Å². The van der Waals surface area contributed by atoms with E-state index in [2.05, 4.69) is 4.98 Å². The predicted octanol–water partition coefficient (Wildman–Crippen LogP) is 5.72. The lowest BCUT2D eigenvalue weighted by atomic mass is 10.3. The van der Waals surface area contributed by atoms with E-state index in [-0.39, 0.29) is 6.42 Å². The topological polar surface area (TPSA) is 43.1 Å². The Balaban J connectivity index is 1.94. The van der Waals surface area contributed by atoms with Crippen molar-refractivity contribution >= 4 is 56.9 Å². The summed E-state index contributed by atoms with van der Waals surface area (Å²) in [7, 11) is 0. The number of thioether (sulfide) groups is 1. The molecule has 0 atom stereocenters. The molecule has 0 spiro atoms. The molecule has 0 aliphatic rings. The molecule has 4 nitrogen and oxygen atoms in total. The highest BCUT2D eigenvalue weighted by Crippen LogP contribution is 2.37. The van der Waals surface area contributed by atoms with Crippen LogP contribution in [-0.4, -0.2) is 34.2 Å². The van der Waals surface area contributed by atoms with Gasteiger partial charge in [-0.3, -0.25) is 0 Å². The molecule has 2 heterocycles. The largest absolute Gasteiger partial charge is 0.619 e. The van der Waals surface area contributed by atoms with Crippen molar-refractivity contribution in [2.45, 2.75) is 32.4 Å². The average molecular weight is 470 g/mol. The summed E-state index contributed by atoms with van der Waals surface area (Å²) in [5.74, 6) is 1.09. The van der Waals surface area contributed by atoms with Crippen LogP contribution in [0.1, 0.15) is 26.2 Å². The normalized spacial score (nSPS) is 11.6. The first-order chi connectivity index (χ1) is 13.2. The summed E-state index contributed by atoms with van der Waals surface area (Å²) in [4.78, 5) is 6.88. The number of aromatic nitrogens is 2. The molecule has 0 aliphatic heterocycles. The van der Waals surface area contributed by atoms with E-state index < -0.39 is 12.6 Å². The predicted molar refractivity (Wildman–Crippen MR) is 114 cm³/mol. The molecule has 0 saturated carbocycles. The minimum atomic E-state index is -4.10. The maximum atomic E-state index is 12.1. The molecular weight excluding hydrogens is 451 g/mol. The number of anilines is 1. The number of nitrogens with zero attached hydrogens (tertiary/aromatic N) is 3. The Morgan fingerprint density at radius 2 is 2.18 bits per heavy atom. The van der Waals surface area contributed by atoms with Crippen LogP contribution in [0.5, 0.6) is 0 Å². The first kappa shape index (κ1) is 23.2. The van der Waals surface area contributed by atoms with Gasteiger partial charge in [-0.05, 0) is 30.9 Å². The Labute approximate surface area is 180 Å². The standard InChI is InChI=1S/C17H19ClF3N3OS3/c1-2-24(13(26)6-10-27-9-4-7-17(19,20)21)16-14(18)22-15(28-16)12-5-3-8-23(25)11-12/h3,5,8,11H,2,4,6-7,9-10H2,1H3. The second-order valence-electron chi connectivity index (χ2n) is 5.79. The van der Waals surface area contributed by atoms with Crippen LogP contribution in [0.15, 0.2) is 24.5 Å². The molecule has 0 aliphatic carbocycles. The summed E-state index contributed by atoms with van der Waals surface area (Å²) in [6, 6.07) is 3.41. The highest BCUT2D eigenvalue weighted by molar-refractivity contribution is 7.99. The maximum Gasteiger partial charge on any atom is 0.389 e. The van der Waals surface area contributed by atoms with E-state index in [1.54, 1.807) is 12.1 Å².